The summed E-state index contributed by atoms with van der Waals surface area (Å²) in [6.07, 6.45) is 3.37. The van der Waals surface area contributed by atoms with Crippen molar-refractivity contribution < 1.29 is 48.6 Å². The SMILES string of the molecule is CC(C)C[C@H](NC(=O)[C@@H](N)CCC(N)=O)C(=O)NCC(=O)NCC(=O)N1CCC[C@H]1C(=O)N[C@@H](CO)C(=O)N[C@@H](Cc1cnc[nH]1)C(=O)O. The number of nitrogens with zero attached hydrogens (tertiary/aromatic N) is 2. The molecule has 7 amide bonds. The first-order valence-corrected chi connectivity index (χ1v) is 15.7. The number of likely N-dealkylation sites (tertiary alicyclic amines) is 1. The summed E-state index contributed by atoms with van der Waals surface area (Å²) >= 11 is 0. The topological polar surface area (TPSA) is 321 Å². The van der Waals surface area contributed by atoms with Gasteiger partial charge in [-0.25, -0.2) is 9.78 Å². The lowest BCUT2D eigenvalue weighted by molar-refractivity contribution is -0.143. The number of rotatable bonds is 20. The zero-order valence-electron chi connectivity index (χ0n) is 27.4. The van der Waals surface area contributed by atoms with Crippen molar-refractivity contribution in [1.82, 2.24) is 41.5 Å². The molecule has 0 saturated carbocycles. The molecule has 0 radical (unpaired) electrons. The highest BCUT2D eigenvalue weighted by Crippen LogP contribution is 2.17. The Morgan fingerprint density at radius 3 is 2.27 bits per heavy atom. The van der Waals surface area contributed by atoms with Gasteiger partial charge in [-0.05, 0) is 31.6 Å². The van der Waals surface area contributed by atoms with E-state index in [1.807, 2.05) is 13.8 Å². The Bertz CT molecular complexity index is 1340. The quantitative estimate of drug-likeness (QED) is 0.0616. The standard InChI is InChI=1S/C29H46N10O10/c1-15(2)8-18(36-25(44)17(30)5-6-22(31)41)26(45)34-11-23(42)33-12-24(43)39-7-3-4-21(39)28(47)38-20(13-40)27(46)37-19(29(48)49)9-16-10-32-14-35-16/h10,14-15,17-21,40H,3-9,11-13,30H2,1-2H3,(H2,31,41)(H,32,35)(H,33,42)(H,34,45)(H,36,44)(H,37,46)(H,38,47)(H,48,49)/t17-,18-,19-,20-,21-/m0/s1. The number of carboxylic acid groups (broad SMARTS) is 1. The molecule has 0 spiro atoms. The molecule has 1 fully saturated rings. The largest absolute Gasteiger partial charge is 0.480 e. The van der Waals surface area contributed by atoms with Gasteiger partial charge in [-0.2, -0.15) is 0 Å². The fourth-order valence-corrected chi connectivity index (χ4v) is 4.93. The fraction of sp³-hybridized carbons (Fsp3) is 0.621. The van der Waals surface area contributed by atoms with Crippen LogP contribution in [-0.2, 0) is 44.8 Å². The number of carbonyl (C=O) groups excluding carboxylic acids is 7. The van der Waals surface area contributed by atoms with Gasteiger partial charge in [0.15, 0.2) is 0 Å². The molecule has 20 nitrogen and oxygen atoms in total. The molecule has 1 aromatic rings. The summed E-state index contributed by atoms with van der Waals surface area (Å²) in [5.74, 6) is -6.38. The van der Waals surface area contributed by atoms with E-state index in [1.54, 1.807) is 0 Å². The van der Waals surface area contributed by atoms with Crippen LogP contribution in [0.25, 0.3) is 0 Å². The molecule has 1 aliphatic heterocycles. The molecular formula is C29H46N10O10. The molecule has 5 atom stereocenters. The number of imidazole rings is 1. The van der Waals surface area contributed by atoms with Crippen LogP contribution >= 0.6 is 0 Å². The third-order valence-electron chi connectivity index (χ3n) is 7.52. The van der Waals surface area contributed by atoms with E-state index >= 15 is 0 Å². The zero-order valence-corrected chi connectivity index (χ0v) is 27.4. The number of carbonyl (C=O) groups is 8. The second-order valence-corrected chi connectivity index (χ2v) is 12.0. The van der Waals surface area contributed by atoms with E-state index in [2.05, 4.69) is 36.6 Å². The Kier molecular flexibility index (Phi) is 16.1. The molecule has 49 heavy (non-hydrogen) atoms. The summed E-state index contributed by atoms with van der Waals surface area (Å²) in [6.45, 7) is 1.92. The number of primary amides is 1. The fourth-order valence-electron chi connectivity index (χ4n) is 4.93. The number of hydrogen-bond acceptors (Lipinski definition) is 11. The summed E-state index contributed by atoms with van der Waals surface area (Å²) in [4.78, 5) is 107. The third-order valence-corrected chi connectivity index (χ3v) is 7.52. The second kappa shape index (κ2) is 19.6. The number of H-pyrrole nitrogens is 1. The number of aliphatic hydroxyl groups is 1. The highest BCUT2D eigenvalue weighted by Gasteiger charge is 2.36. The van der Waals surface area contributed by atoms with Crippen LogP contribution < -0.4 is 38.1 Å². The van der Waals surface area contributed by atoms with E-state index in [4.69, 9.17) is 11.5 Å². The van der Waals surface area contributed by atoms with Crippen LogP contribution in [0.1, 0.15) is 51.6 Å². The van der Waals surface area contributed by atoms with Gasteiger partial charge in [-0.3, -0.25) is 33.6 Å². The van der Waals surface area contributed by atoms with Gasteiger partial charge in [0.25, 0.3) is 0 Å². The van der Waals surface area contributed by atoms with Gasteiger partial charge < -0.3 is 58.1 Å². The van der Waals surface area contributed by atoms with Crippen molar-refractivity contribution in [1.29, 1.82) is 0 Å². The van der Waals surface area contributed by atoms with Gasteiger partial charge in [-0.1, -0.05) is 13.8 Å². The number of hydrogen-bond donors (Lipinski definition) is 10. The van der Waals surface area contributed by atoms with E-state index in [9.17, 15) is 48.6 Å². The first-order chi connectivity index (χ1) is 23.1. The lowest BCUT2D eigenvalue weighted by Gasteiger charge is -2.26. The number of aromatic amines is 1. The van der Waals surface area contributed by atoms with Gasteiger partial charge in [-0.15, -0.1) is 0 Å². The minimum Gasteiger partial charge on any atom is -0.480 e. The smallest absolute Gasteiger partial charge is 0.326 e. The van der Waals surface area contributed by atoms with Crippen LogP contribution in [0.3, 0.4) is 0 Å². The molecule has 1 aromatic heterocycles. The van der Waals surface area contributed by atoms with E-state index in [0.717, 1.165) is 0 Å². The highest BCUT2D eigenvalue weighted by molar-refractivity contribution is 5.95. The number of amides is 7. The summed E-state index contributed by atoms with van der Waals surface area (Å²) in [5, 5.41) is 31.1. The summed E-state index contributed by atoms with van der Waals surface area (Å²) in [7, 11) is 0. The van der Waals surface area contributed by atoms with Crippen molar-refractivity contribution in [2.24, 2.45) is 17.4 Å². The lowest BCUT2D eigenvalue weighted by Crippen LogP contribution is -2.57. The first kappa shape index (κ1) is 40.1. The molecule has 0 bridgehead atoms. The van der Waals surface area contributed by atoms with E-state index in [0.29, 0.717) is 12.1 Å². The Morgan fingerprint density at radius 1 is 0.980 bits per heavy atom. The maximum absolute atomic E-state index is 13.0. The number of carboxylic acids is 1. The summed E-state index contributed by atoms with van der Waals surface area (Å²) in [5.41, 5.74) is 11.3. The van der Waals surface area contributed by atoms with Crippen LogP contribution in [0.4, 0.5) is 0 Å². The van der Waals surface area contributed by atoms with Gasteiger partial charge >= 0.3 is 5.97 Å². The zero-order chi connectivity index (χ0) is 36.7. The molecule has 2 heterocycles. The first-order valence-electron chi connectivity index (χ1n) is 15.7. The Morgan fingerprint density at radius 2 is 1.67 bits per heavy atom. The van der Waals surface area contributed by atoms with Crippen molar-refractivity contribution in [2.75, 3.05) is 26.2 Å². The van der Waals surface area contributed by atoms with E-state index < -0.39 is 97.2 Å². The molecule has 20 heteroatoms. The normalized spacial score (nSPS) is 16.5. The van der Waals surface area contributed by atoms with Crippen molar-refractivity contribution >= 4 is 47.3 Å². The van der Waals surface area contributed by atoms with Gasteiger partial charge in [0.2, 0.25) is 41.4 Å². The van der Waals surface area contributed by atoms with Gasteiger partial charge in [0.1, 0.15) is 24.2 Å². The molecular weight excluding hydrogens is 648 g/mol. The van der Waals surface area contributed by atoms with Crippen LogP contribution in [-0.4, -0.2) is 129 Å². The number of nitrogens with one attached hydrogen (secondary N) is 6. The number of aliphatic carboxylic acids is 1. The highest BCUT2D eigenvalue weighted by atomic mass is 16.4. The lowest BCUT2D eigenvalue weighted by atomic mass is 10.0. The van der Waals surface area contributed by atoms with Gasteiger partial charge in [0.05, 0.1) is 32.1 Å². The Hall–Kier alpha value is -5.11. The predicted molar refractivity (Wildman–Crippen MR) is 169 cm³/mol. The van der Waals surface area contributed by atoms with Crippen LogP contribution in [0.5, 0.6) is 0 Å². The minimum absolute atomic E-state index is 0.00892. The third kappa shape index (κ3) is 13.5. The second-order valence-electron chi connectivity index (χ2n) is 12.0. The average molecular weight is 695 g/mol. The van der Waals surface area contributed by atoms with Crippen molar-refractivity contribution in [3.05, 3.63) is 18.2 Å². The van der Waals surface area contributed by atoms with Crippen molar-refractivity contribution in [3.63, 3.8) is 0 Å². The van der Waals surface area contributed by atoms with Crippen LogP contribution in [0.15, 0.2) is 12.5 Å². The maximum Gasteiger partial charge on any atom is 0.326 e. The van der Waals surface area contributed by atoms with Crippen LogP contribution in [0, 0.1) is 5.92 Å². The number of aromatic nitrogens is 2. The maximum atomic E-state index is 13.0. The monoisotopic (exact) mass is 694 g/mol. The molecule has 2 rings (SSSR count). The molecule has 1 aliphatic rings. The molecule has 0 aromatic carbocycles. The number of aliphatic hydroxyl groups excluding tert-OH is 1. The van der Waals surface area contributed by atoms with Crippen molar-refractivity contribution in [3.8, 4) is 0 Å². The van der Waals surface area contributed by atoms with Crippen LogP contribution in [0.2, 0.25) is 0 Å². The van der Waals surface area contributed by atoms with E-state index in [1.165, 1.54) is 17.4 Å². The molecule has 0 aliphatic carbocycles. The molecule has 12 N–H and O–H groups in total. The molecule has 1 saturated heterocycles. The van der Waals surface area contributed by atoms with E-state index in [-0.39, 0.29) is 44.6 Å². The number of nitrogens with two attached hydrogens (primary N) is 2. The van der Waals surface area contributed by atoms with Gasteiger partial charge in [0, 0.05) is 31.3 Å². The summed E-state index contributed by atoms with van der Waals surface area (Å²) in [6, 6.07) is -6.01. The Balaban J connectivity index is 1.88. The Labute approximate surface area is 281 Å². The molecule has 272 valence electrons. The summed E-state index contributed by atoms with van der Waals surface area (Å²) < 4.78 is 0. The average Bonchev–Trinajstić information content (AvgIpc) is 3.75. The van der Waals surface area contributed by atoms with Crippen molar-refractivity contribution in [2.45, 2.75) is 82.6 Å². The molecule has 0 unspecified atom stereocenters. The minimum atomic E-state index is -1.51. The predicted octanol–water partition coefficient (Wildman–Crippen LogP) is -4.65.